The van der Waals surface area contributed by atoms with Crippen molar-refractivity contribution in [1.82, 2.24) is 4.90 Å². The monoisotopic (exact) mass is 366 g/mol. The van der Waals surface area contributed by atoms with Crippen molar-refractivity contribution in [2.24, 2.45) is 0 Å². The minimum Gasteiger partial charge on any atom is -0.480 e. The molecule has 1 N–H and O–H groups in total. The molecule has 1 unspecified atom stereocenters. The quantitative estimate of drug-likeness (QED) is 0.620. The van der Waals surface area contributed by atoms with Crippen LogP contribution in [0, 0.1) is 10.1 Å². The fourth-order valence-corrected chi connectivity index (χ4v) is 3.11. The Balaban J connectivity index is 1.70. The molecule has 10 nitrogen and oxygen atoms in total. The van der Waals surface area contributed by atoms with E-state index in [9.17, 15) is 19.7 Å². The Morgan fingerprint density at radius 2 is 2.12 bits per heavy atom. The molecule has 0 bridgehead atoms. The lowest BCUT2D eigenvalue weighted by Gasteiger charge is -2.22. The lowest BCUT2D eigenvalue weighted by Crippen LogP contribution is -2.41. The molecule has 1 amide bonds. The SMILES string of the molecule is CC(COC(=O)N1CCC[C@H]1C(=O)O)c1cc2c(cc1[N+](=O)[O-])OCO2. The number of carbonyl (C=O) groups excluding carboxylic acids is 1. The fraction of sp³-hybridized carbons (Fsp3) is 0.500. The van der Waals surface area contributed by atoms with Crippen molar-refractivity contribution in [1.29, 1.82) is 0 Å². The van der Waals surface area contributed by atoms with Crippen molar-refractivity contribution in [3.63, 3.8) is 0 Å². The molecule has 26 heavy (non-hydrogen) atoms. The zero-order chi connectivity index (χ0) is 18.8. The predicted octanol–water partition coefficient (Wildman–Crippen LogP) is 2.11. The first-order valence-electron chi connectivity index (χ1n) is 8.12. The average Bonchev–Trinajstić information content (AvgIpc) is 3.26. The van der Waals surface area contributed by atoms with E-state index >= 15 is 0 Å². The number of likely N-dealkylation sites (tertiary alicyclic amines) is 1. The maximum atomic E-state index is 12.2. The lowest BCUT2D eigenvalue weighted by atomic mass is 9.99. The summed E-state index contributed by atoms with van der Waals surface area (Å²) in [5.74, 6) is -0.862. The van der Waals surface area contributed by atoms with E-state index in [1.165, 1.54) is 17.0 Å². The summed E-state index contributed by atoms with van der Waals surface area (Å²) >= 11 is 0. The number of rotatable bonds is 5. The highest BCUT2D eigenvalue weighted by atomic mass is 16.7. The molecule has 2 heterocycles. The number of aliphatic carboxylic acids is 1. The molecule has 1 aromatic rings. The summed E-state index contributed by atoms with van der Waals surface area (Å²) in [5.41, 5.74) is 0.200. The van der Waals surface area contributed by atoms with Gasteiger partial charge in [-0.05, 0) is 18.9 Å². The van der Waals surface area contributed by atoms with E-state index in [1.807, 2.05) is 0 Å². The topological polar surface area (TPSA) is 128 Å². The van der Waals surface area contributed by atoms with Crippen LogP contribution >= 0.6 is 0 Å². The number of amides is 1. The van der Waals surface area contributed by atoms with E-state index in [4.69, 9.17) is 19.3 Å². The van der Waals surface area contributed by atoms with Gasteiger partial charge in [0.1, 0.15) is 12.6 Å². The Hall–Kier alpha value is -3.04. The van der Waals surface area contributed by atoms with Gasteiger partial charge in [-0.3, -0.25) is 15.0 Å². The van der Waals surface area contributed by atoms with E-state index in [-0.39, 0.29) is 19.1 Å². The number of carboxylic acid groups (broad SMARTS) is 1. The summed E-state index contributed by atoms with van der Waals surface area (Å²) in [6.07, 6.45) is 0.244. The van der Waals surface area contributed by atoms with Crippen LogP contribution in [-0.4, -0.2) is 53.0 Å². The Morgan fingerprint density at radius 3 is 2.77 bits per heavy atom. The van der Waals surface area contributed by atoms with Crippen LogP contribution in [0.1, 0.15) is 31.2 Å². The maximum absolute atomic E-state index is 12.2. The number of carbonyl (C=O) groups is 2. The van der Waals surface area contributed by atoms with Gasteiger partial charge in [0.25, 0.3) is 5.69 Å². The molecule has 2 aliphatic rings. The van der Waals surface area contributed by atoms with E-state index < -0.39 is 28.9 Å². The van der Waals surface area contributed by atoms with Crippen LogP contribution in [0.2, 0.25) is 0 Å². The molecular weight excluding hydrogens is 348 g/mol. The second kappa shape index (κ2) is 7.06. The molecular formula is C16H18N2O8. The van der Waals surface area contributed by atoms with Crippen molar-refractivity contribution in [3.05, 3.63) is 27.8 Å². The van der Waals surface area contributed by atoms with Crippen LogP contribution in [0.3, 0.4) is 0 Å². The van der Waals surface area contributed by atoms with Gasteiger partial charge >= 0.3 is 12.1 Å². The van der Waals surface area contributed by atoms with E-state index in [2.05, 4.69) is 0 Å². The number of fused-ring (bicyclic) bond motifs is 1. The molecule has 0 saturated carbocycles. The van der Waals surface area contributed by atoms with Crippen LogP contribution in [0.4, 0.5) is 10.5 Å². The summed E-state index contributed by atoms with van der Waals surface area (Å²) in [4.78, 5) is 35.3. The first kappa shape index (κ1) is 17.8. The number of hydrogen-bond donors (Lipinski definition) is 1. The summed E-state index contributed by atoms with van der Waals surface area (Å²) < 4.78 is 15.6. The number of ether oxygens (including phenoxy) is 3. The Morgan fingerprint density at radius 1 is 1.42 bits per heavy atom. The number of nitrogens with zero attached hydrogens (tertiary/aromatic N) is 2. The largest absolute Gasteiger partial charge is 0.480 e. The van der Waals surface area contributed by atoms with Gasteiger partial charge in [0.05, 0.1) is 11.0 Å². The van der Waals surface area contributed by atoms with Gasteiger partial charge < -0.3 is 19.3 Å². The van der Waals surface area contributed by atoms with Gasteiger partial charge in [-0.15, -0.1) is 0 Å². The Bertz CT molecular complexity index is 750. The van der Waals surface area contributed by atoms with E-state index in [0.717, 1.165) is 0 Å². The molecule has 2 aliphatic heterocycles. The highest BCUT2D eigenvalue weighted by Crippen LogP contribution is 2.40. The third-order valence-electron chi connectivity index (χ3n) is 4.48. The molecule has 1 saturated heterocycles. The first-order chi connectivity index (χ1) is 12.4. The van der Waals surface area contributed by atoms with Crippen molar-refractivity contribution in [2.45, 2.75) is 31.7 Å². The highest BCUT2D eigenvalue weighted by Gasteiger charge is 2.35. The molecule has 1 aromatic carbocycles. The highest BCUT2D eigenvalue weighted by molar-refractivity contribution is 5.80. The molecule has 0 spiro atoms. The second-order valence-electron chi connectivity index (χ2n) is 6.19. The molecule has 10 heteroatoms. The number of nitro groups is 1. The first-order valence-corrected chi connectivity index (χ1v) is 8.12. The molecule has 3 rings (SSSR count). The van der Waals surface area contributed by atoms with Gasteiger partial charge in [-0.2, -0.15) is 0 Å². The maximum Gasteiger partial charge on any atom is 0.410 e. The van der Waals surface area contributed by atoms with Crippen LogP contribution < -0.4 is 9.47 Å². The lowest BCUT2D eigenvalue weighted by molar-refractivity contribution is -0.385. The molecule has 2 atom stereocenters. The molecule has 1 fully saturated rings. The van der Waals surface area contributed by atoms with Crippen molar-refractivity contribution < 1.29 is 33.8 Å². The van der Waals surface area contributed by atoms with E-state index in [1.54, 1.807) is 6.92 Å². The number of hydrogen-bond acceptors (Lipinski definition) is 7. The summed E-state index contributed by atoms with van der Waals surface area (Å²) in [7, 11) is 0. The minimum absolute atomic E-state index is 0.00908. The predicted molar refractivity (Wildman–Crippen MR) is 86.3 cm³/mol. The zero-order valence-corrected chi connectivity index (χ0v) is 14.0. The fourth-order valence-electron chi connectivity index (χ4n) is 3.11. The average molecular weight is 366 g/mol. The third kappa shape index (κ3) is 3.35. The zero-order valence-electron chi connectivity index (χ0n) is 14.0. The Labute approximate surface area is 148 Å². The van der Waals surface area contributed by atoms with Gasteiger partial charge in [-0.1, -0.05) is 6.92 Å². The van der Waals surface area contributed by atoms with Gasteiger partial charge in [0.2, 0.25) is 6.79 Å². The number of nitro benzene ring substituents is 1. The smallest absolute Gasteiger partial charge is 0.410 e. The summed E-state index contributed by atoms with van der Waals surface area (Å²) in [6, 6.07) is 1.91. The number of benzene rings is 1. The van der Waals surface area contributed by atoms with Crippen molar-refractivity contribution in [2.75, 3.05) is 19.9 Å². The number of carboxylic acids is 1. The molecule has 0 aromatic heterocycles. The van der Waals surface area contributed by atoms with Crippen LogP contribution in [-0.2, 0) is 9.53 Å². The van der Waals surface area contributed by atoms with Crippen LogP contribution in [0.25, 0.3) is 0 Å². The van der Waals surface area contributed by atoms with Crippen LogP contribution in [0.15, 0.2) is 12.1 Å². The normalized spacial score (nSPS) is 19.3. The summed E-state index contributed by atoms with van der Waals surface area (Å²) in [5, 5.41) is 20.4. The molecule has 0 aliphatic carbocycles. The third-order valence-corrected chi connectivity index (χ3v) is 4.48. The van der Waals surface area contributed by atoms with Crippen LogP contribution in [0.5, 0.6) is 11.5 Å². The molecule has 140 valence electrons. The van der Waals surface area contributed by atoms with Gasteiger partial charge in [-0.25, -0.2) is 9.59 Å². The summed E-state index contributed by atoms with van der Waals surface area (Å²) in [6.45, 7) is 1.86. The van der Waals surface area contributed by atoms with Crippen molar-refractivity contribution >= 4 is 17.7 Å². The minimum atomic E-state index is -1.07. The van der Waals surface area contributed by atoms with Gasteiger partial charge in [0.15, 0.2) is 11.5 Å². The van der Waals surface area contributed by atoms with E-state index in [0.29, 0.717) is 36.4 Å². The standard InChI is InChI=1S/C16H18N2O8/c1-9(7-24-16(21)17-4-2-3-11(17)15(19)20)10-5-13-14(26-8-25-13)6-12(10)18(22)23/h5-6,9,11H,2-4,7-8H2,1H3,(H,19,20)/t9?,11-/m0/s1. The molecule has 0 radical (unpaired) electrons. The van der Waals surface area contributed by atoms with Gasteiger partial charge in [0, 0.05) is 18.0 Å². The second-order valence-corrected chi connectivity index (χ2v) is 6.19. The van der Waals surface area contributed by atoms with Crippen molar-refractivity contribution in [3.8, 4) is 11.5 Å². The Kier molecular flexibility index (Phi) is 4.83.